The van der Waals surface area contributed by atoms with E-state index in [0.29, 0.717) is 5.76 Å². The fourth-order valence-corrected chi connectivity index (χ4v) is 1.33. The second kappa shape index (κ2) is 4.04. The van der Waals surface area contributed by atoms with Crippen LogP contribution in [0.2, 0.25) is 0 Å². The molecule has 78 valence electrons. The van der Waals surface area contributed by atoms with Crippen LogP contribution in [-0.4, -0.2) is 19.9 Å². The van der Waals surface area contributed by atoms with Gasteiger partial charge in [0.15, 0.2) is 5.76 Å². The Morgan fingerprint density at radius 1 is 1.27 bits per heavy atom. The van der Waals surface area contributed by atoms with Gasteiger partial charge in [-0.15, -0.1) is 0 Å². The fourth-order valence-electron chi connectivity index (χ4n) is 1.33. The third-order valence-corrected chi connectivity index (χ3v) is 2.02. The molecule has 4 nitrogen and oxygen atoms in total. The minimum absolute atomic E-state index is 0.0503. The highest BCUT2D eigenvalue weighted by atomic mass is 16.7. The highest BCUT2D eigenvalue weighted by Gasteiger charge is 2.26. The highest BCUT2D eigenvalue weighted by Crippen LogP contribution is 2.26. The Balaban J connectivity index is 2.38. The molecule has 0 unspecified atom stereocenters. The first-order valence-corrected chi connectivity index (χ1v) is 4.46. The van der Waals surface area contributed by atoms with Gasteiger partial charge in [0.1, 0.15) is 0 Å². The van der Waals surface area contributed by atoms with Gasteiger partial charge in [-0.3, -0.25) is 0 Å². The summed E-state index contributed by atoms with van der Waals surface area (Å²) in [5.74, 6) is 0.0394. The molecule has 1 aliphatic heterocycles. The van der Waals surface area contributed by atoms with E-state index < -0.39 is 5.97 Å². The summed E-state index contributed by atoms with van der Waals surface area (Å²) in [7, 11) is 1.31. The van der Waals surface area contributed by atoms with E-state index in [2.05, 4.69) is 4.74 Å². The van der Waals surface area contributed by atoms with Crippen LogP contribution in [0.1, 0.15) is 5.56 Å². The zero-order valence-corrected chi connectivity index (χ0v) is 8.23. The fraction of sp³-hybridized carbons (Fsp3) is 0.182. The molecule has 1 aliphatic rings. The number of methoxy groups -OCH3 is 1. The SMILES string of the molecule is COC(=O)C1=C(c2ccccc2)OCO1. The van der Waals surface area contributed by atoms with E-state index in [4.69, 9.17) is 9.47 Å². The normalized spacial score (nSPS) is 14.5. The van der Waals surface area contributed by atoms with Crippen LogP contribution in [0.25, 0.3) is 5.76 Å². The van der Waals surface area contributed by atoms with Crippen LogP contribution in [0, 0.1) is 0 Å². The number of ether oxygens (including phenoxy) is 3. The van der Waals surface area contributed by atoms with E-state index in [0.717, 1.165) is 5.56 Å². The van der Waals surface area contributed by atoms with Crippen molar-refractivity contribution in [1.29, 1.82) is 0 Å². The van der Waals surface area contributed by atoms with Crippen LogP contribution in [0.5, 0.6) is 0 Å². The van der Waals surface area contributed by atoms with Gasteiger partial charge in [-0.05, 0) is 0 Å². The van der Waals surface area contributed by atoms with Gasteiger partial charge in [-0.25, -0.2) is 4.79 Å². The molecule has 1 heterocycles. The van der Waals surface area contributed by atoms with Crippen molar-refractivity contribution in [3.05, 3.63) is 41.7 Å². The largest absolute Gasteiger partial charge is 0.463 e. The monoisotopic (exact) mass is 206 g/mol. The van der Waals surface area contributed by atoms with Crippen LogP contribution >= 0.6 is 0 Å². The summed E-state index contributed by atoms with van der Waals surface area (Å²) < 4.78 is 14.9. The van der Waals surface area contributed by atoms with Crippen LogP contribution in [0.3, 0.4) is 0 Å². The predicted octanol–water partition coefficient (Wildman–Crippen LogP) is 1.53. The summed E-state index contributed by atoms with van der Waals surface area (Å²) in [6, 6.07) is 9.29. The van der Waals surface area contributed by atoms with Gasteiger partial charge < -0.3 is 14.2 Å². The van der Waals surface area contributed by atoms with Crippen molar-refractivity contribution in [3.63, 3.8) is 0 Å². The summed E-state index contributed by atoms with van der Waals surface area (Å²) in [6.45, 7) is 0.0503. The van der Waals surface area contributed by atoms with Gasteiger partial charge in [0.25, 0.3) is 5.76 Å². The van der Waals surface area contributed by atoms with Crippen molar-refractivity contribution >= 4 is 11.7 Å². The molecule has 0 saturated carbocycles. The van der Waals surface area contributed by atoms with Gasteiger partial charge in [-0.2, -0.15) is 0 Å². The molecular formula is C11H10O4. The average Bonchev–Trinajstić information content (AvgIpc) is 2.78. The number of hydrogen-bond acceptors (Lipinski definition) is 4. The minimum atomic E-state index is -0.522. The third kappa shape index (κ3) is 1.79. The van der Waals surface area contributed by atoms with Crippen molar-refractivity contribution in [2.75, 3.05) is 13.9 Å². The van der Waals surface area contributed by atoms with Crippen LogP contribution in [0.15, 0.2) is 36.1 Å². The Bertz CT molecular complexity index is 394. The van der Waals surface area contributed by atoms with E-state index in [9.17, 15) is 4.79 Å². The molecule has 0 atom stereocenters. The van der Waals surface area contributed by atoms with E-state index >= 15 is 0 Å². The second-order valence-electron chi connectivity index (χ2n) is 2.92. The van der Waals surface area contributed by atoms with Crippen molar-refractivity contribution < 1.29 is 19.0 Å². The van der Waals surface area contributed by atoms with Crippen LogP contribution < -0.4 is 0 Å². The van der Waals surface area contributed by atoms with E-state index in [1.165, 1.54) is 7.11 Å². The summed E-state index contributed by atoms with van der Waals surface area (Å²) in [4.78, 5) is 11.3. The zero-order chi connectivity index (χ0) is 10.7. The molecule has 0 spiro atoms. The van der Waals surface area contributed by atoms with E-state index in [-0.39, 0.29) is 12.6 Å². The first-order chi connectivity index (χ1) is 7.33. The molecule has 0 fully saturated rings. The van der Waals surface area contributed by atoms with Crippen molar-refractivity contribution in [1.82, 2.24) is 0 Å². The lowest BCUT2D eigenvalue weighted by atomic mass is 10.2. The van der Waals surface area contributed by atoms with Gasteiger partial charge in [0.2, 0.25) is 6.79 Å². The molecule has 1 aromatic carbocycles. The summed E-state index contributed by atoms with van der Waals surface area (Å²) in [6.07, 6.45) is 0. The van der Waals surface area contributed by atoms with Crippen molar-refractivity contribution in [2.45, 2.75) is 0 Å². The smallest absolute Gasteiger partial charge is 0.377 e. The molecule has 15 heavy (non-hydrogen) atoms. The molecule has 0 bridgehead atoms. The summed E-state index contributed by atoms with van der Waals surface area (Å²) >= 11 is 0. The van der Waals surface area contributed by atoms with E-state index in [1.54, 1.807) is 0 Å². The Morgan fingerprint density at radius 3 is 2.67 bits per heavy atom. The quantitative estimate of drug-likeness (QED) is 0.688. The second-order valence-corrected chi connectivity index (χ2v) is 2.92. The Labute approximate surface area is 87.1 Å². The number of esters is 1. The predicted molar refractivity (Wildman–Crippen MR) is 52.4 cm³/mol. The lowest BCUT2D eigenvalue weighted by Gasteiger charge is -2.01. The maximum atomic E-state index is 11.3. The van der Waals surface area contributed by atoms with Gasteiger partial charge in [0.05, 0.1) is 7.11 Å². The molecule has 0 aliphatic carbocycles. The lowest BCUT2D eigenvalue weighted by Crippen LogP contribution is -2.06. The van der Waals surface area contributed by atoms with Gasteiger partial charge in [0, 0.05) is 5.56 Å². The molecule has 0 amide bonds. The van der Waals surface area contributed by atoms with Crippen LogP contribution in [-0.2, 0) is 19.0 Å². The van der Waals surface area contributed by atoms with Crippen molar-refractivity contribution in [2.24, 2.45) is 0 Å². The molecule has 0 N–H and O–H groups in total. The first kappa shape index (κ1) is 9.58. The summed E-state index contributed by atoms with van der Waals surface area (Å²) in [5.41, 5.74) is 0.801. The third-order valence-electron chi connectivity index (χ3n) is 2.02. The molecule has 0 radical (unpaired) electrons. The topological polar surface area (TPSA) is 44.8 Å². The van der Waals surface area contributed by atoms with Crippen molar-refractivity contribution in [3.8, 4) is 0 Å². The van der Waals surface area contributed by atoms with E-state index in [1.807, 2.05) is 30.3 Å². The molecular weight excluding hydrogens is 196 g/mol. The molecule has 1 aromatic rings. The Hall–Kier alpha value is -1.97. The Kier molecular flexibility index (Phi) is 2.58. The molecule has 0 saturated heterocycles. The number of carbonyl (C=O) groups excluding carboxylic acids is 1. The minimum Gasteiger partial charge on any atom is -0.463 e. The molecule has 2 rings (SSSR count). The Morgan fingerprint density at radius 2 is 2.00 bits per heavy atom. The summed E-state index contributed by atoms with van der Waals surface area (Å²) in [5, 5.41) is 0. The maximum absolute atomic E-state index is 11.3. The van der Waals surface area contributed by atoms with Gasteiger partial charge >= 0.3 is 5.97 Å². The maximum Gasteiger partial charge on any atom is 0.377 e. The number of carbonyl (C=O) groups is 1. The molecule has 0 aromatic heterocycles. The van der Waals surface area contributed by atoms with Crippen LogP contribution in [0.4, 0.5) is 0 Å². The first-order valence-electron chi connectivity index (χ1n) is 4.46. The zero-order valence-electron chi connectivity index (χ0n) is 8.23. The number of rotatable bonds is 2. The average molecular weight is 206 g/mol. The number of benzene rings is 1. The standard InChI is InChI=1S/C11H10O4/c1-13-11(12)10-9(14-7-15-10)8-5-3-2-4-6-8/h2-6H,7H2,1H3. The number of hydrogen-bond donors (Lipinski definition) is 0. The lowest BCUT2D eigenvalue weighted by molar-refractivity contribution is -0.140. The molecule has 4 heteroatoms. The van der Waals surface area contributed by atoms with Gasteiger partial charge in [-0.1, -0.05) is 30.3 Å². The highest BCUT2D eigenvalue weighted by molar-refractivity contribution is 5.94.